The predicted molar refractivity (Wildman–Crippen MR) is 104 cm³/mol. The summed E-state index contributed by atoms with van der Waals surface area (Å²) in [5.74, 6) is 0.508. The molecule has 1 N–H and O–H groups in total. The molecule has 3 rings (SSSR count). The summed E-state index contributed by atoms with van der Waals surface area (Å²) in [7, 11) is 1.45. The first-order valence-corrected chi connectivity index (χ1v) is 9.12. The van der Waals surface area contributed by atoms with Crippen molar-refractivity contribution in [1.82, 2.24) is 4.90 Å². The molecule has 6 nitrogen and oxygen atoms in total. The van der Waals surface area contributed by atoms with E-state index in [9.17, 15) is 14.7 Å². The van der Waals surface area contributed by atoms with E-state index in [-0.39, 0.29) is 29.0 Å². The summed E-state index contributed by atoms with van der Waals surface area (Å²) >= 11 is 0.838. The molecule has 2 amide bonds. The SMILES string of the molecule is COc1cccc(/C=C2\SC(=O)N(CCOc3ccc(C)cc3)C2=O)c1O. The Balaban J connectivity index is 1.67. The highest BCUT2D eigenvalue weighted by Crippen LogP contribution is 2.36. The summed E-state index contributed by atoms with van der Waals surface area (Å²) < 4.78 is 10.6. The average Bonchev–Trinajstić information content (AvgIpc) is 2.92. The Labute approximate surface area is 161 Å². The van der Waals surface area contributed by atoms with E-state index < -0.39 is 5.91 Å². The maximum absolute atomic E-state index is 12.5. The van der Waals surface area contributed by atoms with Crippen LogP contribution in [-0.4, -0.2) is 41.4 Å². The molecule has 1 aliphatic heterocycles. The van der Waals surface area contributed by atoms with Crippen molar-refractivity contribution in [1.29, 1.82) is 0 Å². The van der Waals surface area contributed by atoms with E-state index in [1.807, 2.05) is 31.2 Å². The van der Waals surface area contributed by atoms with Crippen molar-refractivity contribution in [3.05, 3.63) is 58.5 Å². The number of amides is 2. The Bertz CT molecular complexity index is 892. The van der Waals surface area contributed by atoms with Crippen LogP contribution < -0.4 is 9.47 Å². The molecule has 0 aliphatic carbocycles. The number of nitrogens with zero attached hydrogens (tertiary/aromatic N) is 1. The lowest BCUT2D eigenvalue weighted by atomic mass is 10.1. The molecule has 27 heavy (non-hydrogen) atoms. The molecule has 140 valence electrons. The first kappa shape index (κ1) is 18.8. The number of para-hydroxylation sites is 1. The molecule has 0 saturated carbocycles. The van der Waals surface area contributed by atoms with Gasteiger partial charge in [0.15, 0.2) is 11.5 Å². The Hall–Kier alpha value is -2.93. The molecule has 0 unspecified atom stereocenters. The molecule has 2 aromatic rings. The van der Waals surface area contributed by atoms with Crippen LogP contribution in [0.15, 0.2) is 47.4 Å². The number of carbonyl (C=O) groups excluding carboxylic acids is 2. The maximum atomic E-state index is 12.5. The number of hydrogen-bond acceptors (Lipinski definition) is 6. The number of benzene rings is 2. The first-order chi connectivity index (χ1) is 13.0. The first-order valence-electron chi connectivity index (χ1n) is 8.30. The molecule has 1 fully saturated rings. The van der Waals surface area contributed by atoms with E-state index in [1.165, 1.54) is 13.2 Å². The molecule has 0 aromatic heterocycles. The summed E-state index contributed by atoms with van der Waals surface area (Å²) in [5, 5.41) is 9.79. The lowest BCUT2D eigenvalue weighted by molar-refractivity contribution is -0.123. The quantitative estimate of drug-likeness (QED) is 0.762. The van der Waals surface area contributed by atoms with Crippen LogP contribution >= 0.6 is 11.8 Å². The molecule has 1 aliphatic rings. The Morgan fingerprint density at radius 1 is 1.15 bits per heavy atom. The second-order valence-corrected chi connectivity index (χ2v) is 6.89. The number of phenols is 1. The van der Waals surface area contributed by atoms with Gasteiger partial charge >= 0.3 is 0 Å². The van der Waals surface area contributed by atoms with Gasteiger partial charge in [-0.3, -0.25) is 14.5 Å². The zero-order chi connectivity index (χ0) is 19.4. The number of aromatic hydroxyl groups is 1. The molecule has 7 heteroatoms. The van der Waals surface area contributed by atoms with Gasteiger partial charge in [0.25, 0.3) is 11.1 Å². The van der Waals surface area contributed by atoms with Crippen molar-refractivity contribution in [2.75, 3.05) is 20.3 Å². The van der Waals surface area contributed by atoms with Crippen LogP contribution in [0.2, 0.25) is 0 Å². The van der Waals surface area contributed by atoms with Crippen LogP contribution in [0.1, 0.15) is 11.1 Å². The number of methoxy groups -OCH3 is 1. The lowest BCUT2D eigenvalue weighted by Gasteiger charge is -2.13. The number of carbonyl (C=O) groups is 2. The van der Waals surface area contributed by atoms with Crippen molar-refractivity contribution in [3.8, 4) is 17.2 Å². The minimum Gasteiger partial charge on any atom is -0.504 e. The number of aryl methyl sites for hydroxylation is 1. The van der Waals surface area contributed by atoms with Gasteiger partial charge in [0.1, 0.15) is 12.4 Å². The molecule has 0 spiro atoms. The van der Waals surface area contributed by atoms with Gasteiger partial charge in [-0.15, -0.1) is 0 Å². The van der Waals surface area contributed by atoms with Crippen molar-refractivity contribution in [3.63, 3.8) is 0 Å². The van der Waals surface area contributed by atoms with Gasteiger partial charge in [-0.1, -0.05) is 29.8 Å². The van der Waals surface area contributed by atoms with Crippen LogP contribution in [0.5, 0.6) is 17.2 Å². The van der Waals surface area contributed by atoms with Gasteiger partial charge < -0.3 is 14.6 Å². The fourth-order valence-electron chi connectivity index (χ4n) is 2.54. The topological polar surface area (TPSA) is 76.1 Å². The van der Waals surface area contributed by atoms with Crippen LogP contribution in [0, 0.1) is 6.92 Å². The van der Waals surface area contributed by atoms with Gasteiger partial charge in [0, 0.05) is 5.56 Å². The zero-order valence-corrected chi connectivity index (χ0v) is 15.8. The number of rotatable bonds is 6. The largest absolute Gasteiger partial charge is 0.504 e. The summed E-state index contributed by atoms with van der Waals surface area (Å²) in [6, 6.07) is 12.5. The van der Waals surface area contributed by atoms with Crippen molar-refractivity contribution in [2.24, 2.45) is 0 Å². The number of imide groups is 1. The molecule has 0 radical (unpaired) electrons. The molecule has 1 heterocycles. The molecule has 0 bridgehead atoms. The van der Waals surface area contributed by atoms with Gasteiger partial charge in [-0.05, 0) is 43.0 Å². The Morgan fingerprint density at radius 3 is 2.59 bits per heavy atom. The summed E-state index contributed by atoms with van der Waals surface area (Å²) in [4.78, 5) is 26.1. The van der Waals surface area contributed by atoms with E-state index in [0.29, 0.717) is 17.1 Å². The Morgan fingerprint density at radius 2 is 1.89 bits per heavy atom. The van der Waals surface area contributed by atoms with Crippen molar-refractivity contribution >= 4 is 29.0 Å². The molecule has 0 atom stereocenters. The third kappa shape index (κ3) is 4.25. The van der Waals surface area contributed by atoms with Gasteiger partial charge in [0.05, 0.1) is 18.6 Å². The lowest BCUT2D eigenvalue weighted by Crippen LogP contribution is -2.32. The molecular formula is C20H19NO5S. The normalized spacial score (nSPS) is 15.5. The third-order valence-corrected chi connectivity index (χ3v) is 4.92. The number of phenolic OH excluding ortho intramolecular Hbond substituents is 1. The van der Waals surface area contributed by atoms with Gasteiger partial charge in [0.2, 0.25) is 0 Å². The van der Waals surface area contributed by atoms with Crippen LogP contribution in [-0.2, 0) is 4.79 Å². The van der Waals surface area contributed by atoms with E-state index >= 15 is 0 Å². The predicted octanol–water partition coefficient (Wildman–Crippen LogP) is 3.82. The summed E-state index contributed by atoms with van der Waals surface area (Å²) in [6.07, 6.45) is 1.49. The molecule has 2 aromatic carbocycles. The van der Waals surface area contributed by atoms with Crippen LogP contribution in [0.4, 0.5) is 4.79 Å². The van der Waals surface area contributed by atoms with E-state index in [1.54, 1.807) is 18.2 Å². The standard InChI is InChI=1S/C20H19NO5S/c1-13-6-8-15(9-7-13)26-11-10-21-19(23)17(27-20(21)24)12-14-4-3-5-16(25-2)18(14)22/h3-9,12,22H,10-11H2,1-2H3/b17-12-. The number of ether oxygens (including phenoxy) is 2. The fraction of sp³-hybridized carbons (Fsp3) is 0.200. The summed E-state index contributed by atoms with van der Waals surface area (Å²) in [5.41, 5.74) is 1.54. The Kier molecular flexibility index (Phi) is 5.71. The van der Waals surface area contributed by atoms with Gasteiger partial charge in [-0.2, -0.15) is 0 Å². The van der Waals surface area contributed by atoms with E-state index in [2.05, 4.69) is 0 Å². The van der Waals surface area contributed by atoms with Gasteiger partial charge in [-0.25, -0.2) is 0 Å². The average molecular weight is 385 g/mol. The third-order valence-electron chi connectivity index (χ3n) is 4.01. The number of hydrogen-bond donors (Lipinski definition) is 1. The maximum Gasteiger partial charge on any atom is 0.293 e. The van der Waals surface area contributed by atoms with Crippen LogP contribution in [0.25, 0.3) is 6.08 Å². The molecule has 1 saturated heterocycles. The van der Waals surface area contributed by atoms with E-state index in [0.717, 1.165) is 22.2 Å². The fourth-order valence-corrected chi connectivity index (χ4v) is 3.40. The monoisotopic (exact) mass is 385 g/mol. The minimum absolute atomic E-state index is 0.0745. The number of thioether (sulfide) groups is 1. The highest BCUT2D eigenvalue weighted by atomic mass is 32.2. The second-order valence-electron chi connectivity index (χ2n) is 5.89. The van der Waals surface area contributed by atoms with E-state index in [4.69, 9.17) is 9.47 Å². The van der Waals surface area contributed by atoms with Crippen LogP contribution in [0.3, 0.4) is 0 Å². The molecular weight excluding hydrogens is 366 g/mol. The second kappa shape index (κ2) is 8.18. The minimum atomic E-state index is -0.403. The van der Waals surface area contributed by atoms with Crippen molar-refractivity contribution < 1.29 is 24.2 Å². The van der Waals surface area contributed by atoms with Crippen molar-refractivity contribution in [2.45, 2.75) is 6.92 Å². The summed E-state index contributed by atoms with van der Waals surface area (Å²) in [6.45, 7) is 2.34. The highest BCUT2D eigenvalue weighted by molar-refractivity contribution is 8.18. The highest BCUT2D eigenvalue weighted by Gasteiger charge is 2.35. The zero-order valence-electron chi connectivity index (χ0n) is 15.0. The smallest absolute Gasteiger partial charge is 0.293 e.